The minimum atomic E-state index is -0.712. The van der Waals surface area contributed by atoms with Crippen LogP contribution >= 0.6 is 39.0 Å². The molecular weight excluding hydrogens is 406 g/mol. The van der Waals surface area contributed by atoms with Gasteiger partial charge in [-0.1, -0.05) is 18.6 Å². The molecule has 1 aliphatic heterocycles. The zero-order chi connectivity index (χ0) is 17.1. The number of likely N-dealkylation sites (tertiary alicyclic amines) is 1. The predicted molar refractivity (Wildman–Crippen MR) is 104 cm³/mol. The maximum Gasteiger partial charge on any atom is 0.320 e. The number of carboxylic acids is 1. The summed E-state index contributed by atoms with van der Waals surface area (Å²) in [5, 5.41) is 9.69. The van der Waals surface area contributed by atoms with Gasteiger partial charge in [0.05, 0.1) is 9.83 Å². The average Bonchev–Trinajstić information content (AvgIpc) is 3.02. The summed E-state index contributed by atoms with van der Waals surface area (Å²) < 4.78 is 1.08. The maximum absolute atomic E-state index is 11.8. The molecule has 1 aromatic heterocycles. The summed E-state index contributed by atoms with van der Waals surface area (Å²) in [5.41, 5.74) is 1.16. The van der Waals surface area contributed by atoms with Crippen molar-refractivity contribution in [3.8, 4) is 0 Å². The monoisotopic (exact) mass is 425 g/mol. The van der Waals surface area contributed by atoms with Crippen molar-refractivity contribution >= 4 is 45.0 Å². The number of rotatable bonds is 5. The van der Waals surface area contributed by atoms with Crippen molar-refractivity contribution in [2.75, 3.05) is 12.8 Å². The van der Waals surface area contributed by atoms with Crippen LogP contribution in [-0.2, 0) is 4.79 Å². The molecule has 2 heterocycles. The third-order valence-corrected chi connectivity index (χ3v) is 6.88. The Labute approximate surface area is 159 Å². The van der Waals surface area contributed by atoms with Crippen molar-refractivity contribution < 1.29 is 9.90 Å². The Morgan fingerprint density at radius 2 is 2.04 bits per heavy atom. The van der Waals surface area contributed by atoms with Crippen molar-refractivity contribution in [3.05, 3.63) is 50.6 Å². The highest BCUT2D eigenvalue weighted by atomic mass is 79.9. The summed E-state index contributed by atoms with van der Waals surface area (Å²) in [6.45, 7) is 0.821. The van der Waals surface area contributed by atoms with Crippen molar-refractivity contribution in [1.82, 2.24) is 4.90 Å². The highest BCUT2D eigenvalue weighted by molar-refractivity contribution is 9.11. The summed E-state index contributed by atoms with van der Waals surface area (Å²) in [6, 6.07) is 12.3. The van der Waals surface area contributed by atoms with E-state index >= 15 is 0 Å². The van der Waals surface area contributed by atoms with Gasteiger partial charge in [-0.15, -0.1) is 23.1 Å². The van der Waals surface area contributed by atoms with E-state index in [1.807, 2.05) is 6.07 Å². The minimum absolute atomic E-state index is 0.00129. The number of carbonyl (C=O) groups is 1. The zero-order valence-corrected chi connectivity index (χ0v) is 16.7. The number of benzene rings is 1. The van der Waals surface area contributed by atoms with Gasteiger partial charge >= 0.3 is 5.97 Å². The second kappa shape index (κ2) is 8.04. The van der Waals surface area contributed by atoms with Crippen LogP contribution in [0.3, 0.4) is 0 Å². The molecule has 24 heavy (non-hydrogen) atoms. The maximum atomic E-state index is 11.8. The van der Waals surface area contributed by atoms with Gasteiger partial charge in [0.25, 0.3) is 0 Å². The highest BCUT2D eigenvalue weighted by Crippen LogP contribution is 2.39. The van der Waals surface area contributed by atoms with Crippen LogP contribution in [0, 0.1) is 0 Å². The molecule has 2 atom stereocenters. The van der Waals surface area contributed by atoms with E-state index in [1.165, 1.54) is 9.77 Å². The number of halogens is 1. The van der Waals surface area contributed by atoms with Crippen LogP contribution in [0.4, 0.5) is 0 Å². The first-order chi connectivity index (χ1) is 11.6. The smallest absolute Gasteiger partial charge is 0.320 e. The molecule has 2 aromatic rings. The number of nitrogens with zero attached hydrogens (tertiary/aromatic N) is 1. The van der Waals surface area contributed by atoms with E-state index in [4.69, 9.17) is 0 Å². The molecule has 0 radical (unpaired) electrons. The SMILES string of the molecule is CSc1ccc(C(c2ccc(Br)s2)N2CCCCC2C(=O)O)cc1. The van der Waals surface area contributed by atoms with E-state index in [9.17, 15) is 9.90 Å². The fraction of sp³-hybridized carbons (Fsp3) is 0.389. The lowest BCUT2D eigenvalue weighted by Crippen LogP contribution is -2.46. The van der Waals surface area contributed by atoms with E-state index < -0.39 is 12.0 Å². The minimum Gasteiger partial charge on any atom is -0.480 e. The van der Waals surface area contributed by atoms with Crippen molar-refractivity contribution in [2.45, 2.75) is 36.2 Å². The molecular formula is C18H20BrNO2S2. The largest absolute Gasteiger partial charge is 0.480 e. The van der Waals surface area contributed by atoms with Gasteiger partial charge < -0.3 is 5.11 Å². The summed E-state index contributed by atoms with van der Waals surface area (Å²) in [7, 11) is 0. The number of hydrogen-bond acceptors (Lipinski definition) is 4. The van der Waals surface area contributed by atoms with E-state index in [0.29, 0.717) is 0 Å². The van der Waals surface area contributed by atoms with Crippen molar-refractivity contribution in [3.63, 3.8) is 0 Å². The fourth-order valence-electron chi connectivity index (χ4n) is 3.31. The summed E-state index contributed by atoms with van der Waals surface area (Å²) in [4.78, 5) is 16.4. The number of thiophene rings is 1. The molecule has 3 rings (SSSR count). The van der Waals surface area contributed by atoms with E-state index in [1.54, 1.807) is 23.1 Å². The van der Waals surface area contributed by atoms with Crippen LogP contribution < -0.4 is 0 Å². The molecule has 1 fully saturated rings. The summed E-state index contributed by atoms with van der Waals surface area (Å²) in [6.07, 6.45) is 4.82. The molecule has 1 aromatic carbocycles. The van der Waals surface area contributed by atoms with E-state index in [-0.39, 0.29) is 6.04 Å². The number of hydrogen-bond donors (Lipinski definition) is 1. The Balaban J connectivity index is 2.02. The van der Waals surface area contributed by atoms with Gasteiger partial charge in [-0.3, -0.25) is 9.69 Å². The Bertz CT molecular complexity index is 701. The lowest BCUT2D eigenvalue weighted by Gasteiger charge is -2.39. The summed E-state index contributed by atoms with van der Waals surface area (Å²) in [5.74, 6) is -0.712. The topological polar surface area (TPSA) is 40.5 Å². The van der Waals surface area contributed by atoms with Crippen LogP contribution in [0.25, 0.3) is 0 Å². The lowest BCUT2D eigenvalue weighted by atomic mass is 9.95. The third kappa shape index (κ3) is 3.87. The summed E-state index contributed by atoms with van der Waals surface area (Å²) >= 11 is 6.95. The van der Waals surface area contributed by atoms with Crippen LogP contribution in [0.2, 0.25) is 0 Å². The first-order valence-corrected chi connectivity index (χ1v) is 10.8. The van der Waals surface area contributed by atoms with Gasteiger partial charge in [0, 0.05) is 9.77 Å². The Morgan fingerprint density at radius 3 is 2.62 bits per heavy atom. The molecule has 2 unspecified atom stereocenters. The van der Waals surface area contributed by atoms with Gasteiger partial charge in [-0.25, -0.2) is 0 Å². The normalized spacial score (nSPS) is 20.0. The molecule has 0 amide bonds. The van der Waals surface area contributed by atoms with Crippen LogP contribution in [0.15, 0.2) is 45.1 Å². The number of piperidine rings is 1. The quantitative estimate of drug-likeness (QED) is 0.662. The fourth-order valence-corrected chi connectivity index (χ4v) is 5.29. The van der Waals surface area contributed by atoms with Gasteiger partial charge in [-0.2, -0.15) is 0 Å². The molecule has 3 nitrogen and oxygen atoms in total. The van der Waals surface area contributed by atoms with Gasteiger partial charge in [0.15, 0.2) is 0 Å². The second-order valence-corrected chi connectivity index (χ2v) is 9.28. The first kappa shape index (κ1) is 18.0. The highest BCUT2D eigenvalue weighted by Gasteiger charge is 2.35. The molecule has 0 bridgehead atoms. The molecule has 0 spiro atoms. The van der Waals surface area contributed by atoms with Gasteiger partial charge in [-0.05, 0) is 71.4 Å². The Kier molecular flexibility index (Phi) is 6.02. The molecule has 0 saturated carbocycles. The molecule has 1 saturated heterocycles. The van der Waals surface area contributed by atoms with Crippen LogP contribution in [0.5, 0.6) is 0 Å². The molecule has 1 aliphatic rings. The van der Waals surface area contributed by atoms with Crippen molar-refractivity contribution in [2.24, 2.45) is 0 Å². The molecule has 0 aliphatic carbocycles. The Hall–Kier alpha value is -0.820. The average molecular weight is 426 g/mol. The van der Waals surface area contributed by atoms with Gasteiger partial charge in [0.2, 0.25) is 0 Å². The van der Waals surface area contributed by atoms with Crippen molar-refractivity contribution in [1.29, 1.82) is 0 Å². The van der Waals surface area contributed by atoms with Crippen LogP contribution in [-0.4, -0.2) is 34.8 Å². The van der Waals surface area contributed by atoms with Crippen LogP contribution in [0.1, 0.15) is 35.7 Å². The predicted octanol–water partition coefficient (Wildman–Crippen LogP) is 5.26. The first-order valence-electron chi connectivity index (χ1n) is 7.98. The van der Waals surface area contributed by atoms with E-state index in [2.05, 4.69) is 57.4 Å². The third-order valence-electron chi connectivity index (χ3n) is 4.46. The standard InChI is InChI=1S/C18H20BrNO2S2/c1-23-13-7-5-12(6-8-13)17(15-9-10-16(19)24-15)20-11-3-2-4-14(20)18(21)22/h5-10,14,17H,2-4,11H2,1H3,(H,21,22). The zero-order valence-electron chi connectivity index (χ0n) is 13.4. The lowest BCUT2D eigenvalue weighted by molar-refractivity contribution is -0.145. The molecule has 6 heteroatoms. The number of aliphatic carboxylic acids is 1. The molecule has 128 valence electrons. The van der Waals surface area contributed by atoms with Gasteiger partial charge in [0.1, 0.15) is 6.04 Å². The van der Waals surface area contributed by atoms with E-state index in [0.717, 1.165) is 35.2 Å². The number of carboxylic acid groups (broad SMARTS) is 1. The second-order valence-electron chi connectivity index (χ2n) is 5.91. The molecule has 1 N–H and O–H groups in total. The Morgan fingerprint density at radius 1 is 1.29 bits per heavy atom. The number of thioether (sulfide) groups is 1.